The predicted octanol–water partition coefficient (Wildman–Crippen LogP) is 4.14. The zero-order chi connectivity index (χ0) is 12.2. The first kappa shape index (κ1) is 15.0. The van der Waals surface area contributed by atoms with Gasteiger partial charge in [-0.05, 0) is 6.42 Å². The summed E-state index contributed by atoms with van der Waals surface area (Å²) in [6, 6.07) is 0. The van der Waals surface area contributed by atoms with Gasteiger partial charge in [-0.2, -0.15) is 0 Å². The van der Waals surface area contributed by atoms with Gasteiger partial charge in [-0.15, -0.1) is 0 Å². The quantitative estimate of drug-likeness (QED) is 0.357. The van der Waals surface area contributed by atoms with Crippen LogP contribution in [0.4, 0.5) is 0 Å². The Labute approximate surface area is 107 Å². The Morgan fingerprint density at radius 1 is 0.882 bits per heavy atom. The first-order valence-corrected chi connectivity index (χ1v) is 7.42. The Balaban J connectivity index is 1.61. The summed E-state index contributed by atoms with van der Waals surface area (Å²) in [6.07, 6.45) is 13.7. The fraction of sp³-hybridized carbons (Fsp3) is 0.933. The molecule has 1 unspecified atom stereocenters. The highest BCUT2D eigenvalue weighted by molar-refractivity contribution is 4.66. The normalized spacial score (nSPS) is 18.5. The third-order valence-corrected chi connectivity index (χ3v) is 3.24. The average Bonchev–Trinajstić information content (AvgIpc) is 3.15. The molecule has 17 heavy (non-hydrogen) atoms. The Bertz CT molecular complexity index is 155. The van der Waals surface area contributed by atoms with Gasteiger partial charge in [0.1, 0.15) is 6.10 Å². The standard InChI is InChI=1S/C15H29O2/c1-2-3-4-5-6-7-8-9-10-11-12-16-13-15-14-17-15/h15H,1-14H2. The van der Waals surface area contributed by atoms with E-state index in [0.717, 1.165) is 26.2 Å². The van der Waals surface area contributed by atoms with E-state index in [4.69, 9.17) is 9.47 Å². The van der Waals surface area contributed by atoms with Gasteiger partial charge in [-0.25, -0.2) is 0 Å². The van der Waals surface area contributed by atoms with Crippen LogP contribution in [-0.4, -0.2) is 25.9 Å². The van der Waals surface area contributed by atoms with Crippen LogP contribution in [0.3, 0.4) is 0 Å². The molecule has 1 saturated heterocycles. The monoisotopic (exact) mass is 241 g/mol. The molecule has 1 fully saturated rings. The molecule has 1 rings (SSSR count). The van der Waals surface area contributed by atoms with Crippen LogP contribution < -0.4 is 0 Å². The smallest absolute Gasteiger partial charge is 0.104 e. The highest BCUT2D eigenvalue weighted by atomic mass is 16.6. The molecule has 2 heteroatoms. The molecule has 1 aliphatic rings. The molecule has 101 valence electrons. The number of rotatable bonds is 13. The summed E-state index contributed by atoms with van der Waals surface area (Å²) in [5, 5.41) is 0. The fourth-order valence-corrected chi connectivity index (χ4v) is 2.00. The summed E-state index contributed by atoms with van der Waals surface area (Å²) >= 11 is 0. The maximum absolute atomic E-state index is 5.50. The topological polar surface area (TPSA) is 21.8 Å². The SMILES string of the molecule is [CH2]CCCCCCCCCCCOCC1CO1. The van der Waals surface area contributed by atoms with E-state index in [1.807, 2.05) is 0 Å². The first-order chi connectivity index (χ1) is 8.43. The fourth-order valence-electron chi connectivity index (χ4n) is 2.00. The van der Waals surface area contributed by atoms with Crippen LogP contribution in [0.5, 0.6) is 0 Å². The molecule has 1 radical (unpaired) electrons. The molecule has 0 aliphatic carbocycles. The van der Waals surface area contributed by atoms with E-state index in [9.17, 15) is 0 Å². The summed E-state index contributed by atoms with van der Waals surface area (Å²) in [5.41, 5.74) is 0. The Hall–Kier alpha value is -0.0800. The molecule has 0 amide bonds. The van der Waals surface area contributed by atoms with Crippen LogP contribution in [0, 0.1) is 6.92 Å². The third kappa shape index (κ3) is 10.8. The molecule has 0 bridgehead atoms. The lowest BCUT2D eigenvalue weighted by molar-refractivity contribution is 0.113. The minimum absolute atomic E-state index is 0.424. The molecule has 0 aromatic rings. The van der Waals surface area contributed by atoms with E-state index in [2.05, 4.69) is 6.92 Å². The Morgan fingerprint density at radius 3 is 1.94 bits per heavy atom. The van der Waals surface area contributed by atoms with Crippen molar-refractivity contribution < 1.29 is 9.47 Å². The molecule has 1 aliphatic heterocycles. The van der Waals surface area contributed by atoms with E-state index < -0.39 is 0 Å². The lowest BCUT2D eigenvalue weighted by Crippen LogP contribution is -2.02. The van der Waals surface area contributed by atoms with Gasteiger partial charge in [0.15, 0.2) is 0 Å². The summed E-state index contributed by atoms with van der Waals surface area (Å²) in [4.78, 5) is 0. The molecule has 0 spiro atoms. The van der Waals surface area contributed by atoms with Gasteiger partial charge >= 0.3 is 0 Å². The van der Waals surface area contributed by atoms with Crippen LogP contribution in [0.2, 0.25) is 0 Å². The molecule has 2 nitrogen and oxygen atoms in total. The van der Waals surface area contributed by atoms with Crippen molar-refractivity contribution in [2.75, 3.05) is 19.8 Å². The lowest BCUT2D eigenvalue weighted by Gasteiger charge is -2.03. The zero-order valence-corrected chi connectivity index (χ0v) is 11.3. The lowest BCUT2D eigenvalue weighted by atomic mass is 10.1. The predicted molar refractivity (Wildman–Crippen MR) is 72.1 cm³/mol. The summed E-state index contributed by atoms with van der Waals surface area (Å²) < 4.78 is 10.6. The third-order valence-electron chi connectivity index (χ3n) is 3.24. The van der Waals surface area contributed by atoms with Gasteiger partial charge in [0.05, 0.1) is 13.2 Å². The summed E-state index contributed by atoms with van der Waals surface area (Å²) in [7, 11) is 0. The van der Waals surface area contributed by atoms with Gasteiger partial charge in [-0.3, -0.25) is 0 Å². The van der Waals surface area contributed by atoms with Crippen molar-refractivity contribution in [3.63, 3.8) is 0 Å². The number of hydrogen-bond donors (Lipinski definition) is 0. The Morgan fingerprint density at radius 2 is 1.41 bits per heavy atom. The molecular weight excluding hydrogens is 212 g/mol. The molecule has 0 aromatic carbocycles. The number of unbranched alkanes of at least 4 members (excludes halogenated alkanes) is 9. The van der Waals surface area contributed by atoms with E-state index in [0.29, 0.717) is 6.10 Å². The minimum Gasteiger partial charge on any atom is -0.379 e. The van der Waals surface area contributed by atoms with Gasteiger partial charge in [0.25, 0.3) is 0 Å². The molecule has 1 heterocycles. The zero-order valence-electron chi connectivity index (χ0n) is 11.3. The molecule has 1 atom stereocenters. The maximum Gasteiger partial charge on any atom is 0.104 e. The van der Waals surface area contributed by atoms with Gasteiger partial charge < -0.3 is 9.47 Å². The maximum atomic E-state index is 5.50. The van der Waals surface area contributed by atoms with Crippen molar-refractivity contribution in [2.24, 2.45) is 0 Å². The molecule has 0 saturated carbocycles. The molecule has 0 aromatic heterocycles. The van der Waals surface area contributed by atoms with Crippen molar-refractivity contribution >= 4 is 0 Å². The number of epoxide rings is 1. The van der Waals surface area contributed by atoms with Gasteiger partial charge in [0.2, 0.25) is 0 Å². The van der Waals surface area contributed by atoms with E-state index in [-0.39, 0.29) is 0 Å². The van der Waals surface area contributed by atoms with Crippen LogP contribution >= 0.6 is 0 Å². The van der Waals surface area contributed by atoms with Crippen LogP contribution in [0.1, 0.15) is 64.2 Å². The summed E-state index contributed by atoms with van der Waals surface area (Å²) in [5.74, 6) is 0. The minimum atomic E-state index is 0.424. The highest BCUT2D eigenvalue weighted by Gasteiger charge is 2.21. The average molecular weight is 241 g/mol. The van der Waals surface area contributed by atoms with Crippen molar-refractivity contribution in [3.05, 3.63) is 6.92 Å². The van der Waals surface area contributed by atoms with Crippen LogP contribution in [0.15, 0.2) is 0 Å². The second-order valence-electron chi connectivity index (χ2n) is 5.07. The highest BCUT2D eigenvalue weighted by Crippen LogP contribution is 2.11. The number of ether oxygens (including phenoxy) is 2. The second-order valence-corrected chi connectivity index (χ2v) is 5.07. The van der Waals surface area contributed by atoms with E-state index in [1.54, 1.807) is 0 Å². The van der Waals surface area contributed by atoms with Crippen LogP contribution in [0.25, 0.3) is 0 Å². The van der Waals surface area contributed by atoms with E-state index >= 15 is 0 Å². The van der Waals surface area contributed by atoms with Crippen molar-refractivity contribution in [3.8, 4) is 0 Å². The molecule has 0 N–H and O–H groups in total. The summed E-state index contributed by atoms with van der Waals surface area (Å²) in [6.45, 7) is 6.51. The van der Waals surface area contributed by atoms with Crippen molar-refractivity contribution in [1.82, 2.24) is 0 Å². The first-order valence-electron chi connectivity index (χ1n) is 7.42. The largest absolute Gasteiger partial charge is 0.379 e. The number of hydrogen-bond acceptors (Lipinski definition) is 2. The second kappa shape index (κ2) is 11.0. The van der Waals surface area contributed by atoms with Crippen molar-refractivity contribution in [1.29, 1.82) is 0 Å². The van der Waals surface area contributed by atoms with Crippen molar-refractivity contribution in [2.45, 2.75) is 70.3 Å². The van der Waals surface area contributed by atoms with Gasteiger partial charge in [0, 0.05) is 6.61 Å². The van der Waals surface area contributed by atoms with Gasteiger partial charge in [-0.1, -0.05) is 64.7 Å². The molecular formula is C15H29O2. The Kier molecular flexibility index (Phi) is 9.72. The van der Waals surface area contributed by atoms with Crippen LogP contribution in [-0.2, 0) is 9.47 Å². The van der Waals surface area contributed by atoms with E-state index in [1.165, 1.54) is 57.8 Å².